The van der Waals surface area contributed by atoms with Crippen molar-refractivity contribution in [1.82, 2.24) is 19.7 Å². The zero-order valence-electron chi connectivity index (χ0n) is 18.3. The van der Waals surface area contributed by atoms with Crippen molar-refractivity contribution >= 4 is 23.4 Å². The standard InChI is InChI=1S/C22H33ClN6O/c1-22(2,3)13-20-25-26-21(29(20)15-17-5-4-12-30-16-17)28-10-8-27(9-11-28)19-7-6-18(23)14-24-19/h6-7,14,17H,4-5,8-13,15-16H2,1-3H3. The molecular formula is C22H33ClN6O. The molecule has 2 saturated heterocycles. The summed E-state index contributed by atoms with van der Waals surface area (Å²) in [5.41, 5.74) is 0.171. The Labute approximate surface area is 184 Å². The van der Waals surface area contributed by atoms with Gasteiger partial charge < -0.3 is 14.5 Å². The van der Waals surface area contributed by atoms with Gasteiger partial charge in [0.2, 0.25) is 5.95 Å². The molecule has 4 heterocycles. The quantitative estimate of drug-likeness (QED) is 0.718. The molecule has 2 fully saturated rings. The molecule has 0 bridgehead atoms. The van der Waals surface area contributed by atoms with Crippen LogP contribution in [0.3, 0.4) is 0 Å². The van der Waals surface area contributed by atoms with Gasteiger partial charge in [0.1, 0.15) is 11.6 Å². The van der Waals surface area contributed by atoms with Crippen LogP contribution in [0.2, 0.25) is 5.02 Å². The maximum atomic E-state index is 5.98. The van der Waals surface area contributed by atoms with E-state index in [9.17, 15) is 0 Å². The number of nitrogens with zero attached hydrogens (tertiary/aromatic N) is 6. The van der Waals surface area contributed by atoms with Gasteiger partial charge in [-0.2, -0.15) is 0 Å². The number of piperazine rings is 1. The molecule has 0 aromatic carbocycles. The molecule has 2 aliphatic heterocycles. The van der Waals surface area contributed by atoms with E-state index in [-0.39, 0.29) is 5.41 Å². The van der Waals surface area contributed by atoms with Gasteiger partial charge in [-0.15, -0.1) is 10.2 Å². The molecule has 8 heteroatoms. The second-order valence-electron chi connectivity index (χ2n) is 9.66. The van der Waals surface area contributed by atoms with Crippen LogP contribution in [-0.2, 0) is 17.7 Å². The Morgan fingerprint density at radius 2 is 1.87 bits per heavy atom. The molecule has 0 N–H and O–H groups in total. The zero-order chi connectivity index (χ0) is 21.1. The molecule has 1 unspecified atom stereocenters. The van der Waals surface area contributed by atoms with Crippen LogP contribution in [0.25, 0.3) is 0 Å². The number of rotatable bonds is 5. The predicted octanol–water partition coefficient (Wildman–Crippen LogP) is 3.67. The topological polar surface area (TPSA) is 59.3 Å². The third-order valence-corrected chi connectivity index (χ3v) is 6.01. The van der Waals surface area contributed by atoms with Gasteiger partial charge in [0, 0.05) is 57.9 Å². The lowest BCUT2D eigenvalue weighted by Crippen LogP contribution is -2.48. The zero-order valence-corrected chi connectivity index (χ0v) is 19.1. The molecule has 2 aromatic rings. The van der Waals surface area contributed by atoms with E-state index in [4.69, 9.17) is 16.3 Å². The fraction of sp³-hybridized carbons (Fsp3) is 0.682. The molecule has 1 atom stereocenters. The molecule has 164 valence electrons. The first-order valence-electron chi connectivity index (χ1n) is 11.0. The van der Waals surface area contributed by atoms with Crippen LogP contribution in [0.5, 0.6) is 0 Å². The van der Waals surface area contributed by atoms with Gasteiger partial charge in [-0.05, 0) is 30.4 Å². The van der Waals surface area contributed by atoms with E-state index in [0.29, 0.717) is 10.9 Å². The second-order valence-corrected chi connectivity index (χ2v) is 10.1. The molecule has 7 nitrogen and oxygen atoms in total. The minimum absolute atomic E-state index is 0.171. The Bertz CT molecular complexity index is 817. The maximum absolute atomic E-state index is 5.98. The molecule has 0 spiro atoms. The van der Waals surface area contributed by atoms with Crippen LogP contribution >= 0.6 is 11.6 Å². The van der Waals surface area contributed by atoms with Gasteiger partial charge in [0.25, 0.3) is 0 Å². The van der Waals surface area contributed by atoms with E-state index >= 15 is 0 Å². The van der Waals surface area contributed by atoms with E-state index in [0.717, 1.165) is 76.4 Å². The highest BCUT2D eigenvalue weighted by atomic mass is 35.5. The van der Waals surface area contributed by atoms with E-state index in [2.05, 4.69) is 50.3 Å². The monoisotopic (exact) mass is 432 g/mol. The Morgan fingerprint density at radius 3 is 2.50 bits per heavy atom. The highest BCUT2D eigenvalue weighted by Gasteiger charge is 2.27. The third kappa shape index (κ3) is 5.24. The van der Waals surface area contributed by atoms with E-state index in [1.807, 2.05) is 12.1 Å². The molecular weight excluding hydrogens is 400 g/mol. The fourth-order valence-electron chi connectivity index (χ4n) is 4.25. The Hall–Kier alpha value is -1.86. The van der Waals surface area contributed by atoms with Gasteiger partial charge in [-0.1, -0.05) is 32.4 Å². The van der Waals surface area contributed by atoms with Crippen molar-refractivity contribution < 1.29 is 4.74 Å². The number of pyridine rings is 1. The first-order chi connectivity index (χ1) is 14.4. The van der Waals surface area contributed by atoms with Crippen molar-refractivity contribution in [2.24, 2.45) is 11.3 Å². The molecule has 4 rings (SSSR count). The lowest BCUT2D eigenvalue weighted by Gasteiger charge is -2.36. The number of halogens is 1. The minimum Gasteiger partial charge on any atom is -0.381 e. The van der Waals surface area contributed by atoms with Crippen molar-refractivity contribution in [3.63, 3.8) is 0 Å². The highest BCUT2D eigenvalue weighted by molar-refractivity contribution is 6.30. The Kier molecular flexibility index (Phi) is 6.48. The molecule has 0 aliphatic carbocycles. The van der Waals surface area contributed by atoms with Gasteiger partial charge in [0.05, 0.1) is 11.6 Å². The average Bonchev–Trinajstić information content (AvgIpc) is 3.10. The summed E-state index contributed by atoms with van der Waals surface area (Å²) < 4.78 is 8.10. The van der Waals surface area contributed by atoms with Gasteiger partial charge in [0.15, 0.2) is 0 Å². The summed E-state index contributed by atoms with van der Waals surface area (Å²) in [6.45, 7) is 13.0. The fourth-order valence-corrected chi connectivity index (χ4v) is 4.36. The van der Waals surface area contributed by atoms with E-state index < -0.39 is 0 Å². The van der Waals surface area contributed by atoms with Crippen LogP contribution in [-0.4, -0.2) is 59.1 Å². The summed E-state index contributed by atoms with van der Waals surface area (Å²) in [5, 5.41) is 9.93. The smallest absolute Gasteiger partial charge is 0.227 e. The highest BCUT2D eigenvalue weighted by Crippen LogP contribution is 2.27. The van der Waals surface area contributed by atoms with Crippen LogP contribution in [0.4, 0.5) is 11.8 Å². The predicted molar refractivity (Wildman–Crippen MR) is 120 cm³/mol. The van der Waals surface area contributed by atoms with Gasteiger partial charge in [-0.3, -0.25) is 4.57 Å². The van der Waals surface area contributed by atoms with Crippen LogP contribution < -0.4 is 9.80 Å². The normalized spacial score (nSPS) is 20.6. The summed E-state index contributed by atoms with van der Waals surface area (Å²) in [5.74, 6) is 3.61. The molecule has 2 aliphatic rings. The molecule has 0 amide bonds. The number of anilines is 2. The molecule has 0 radical (unpaired) electrons. The average molecular weight is 433 g/mol. The van der Waals surface area contributed by atoms with Crippen LogP contribution in [0.15, 0.2) is 18.3 Å². The summed E-state index contributed by atoms with van der Waals surface area (Å²) in [6, 6.07) is 3.89. The second kappa shape index (κ2) is 9.10. The largest absolute Gasteiger partial charge is 0.381 e. The van der Waals surface area contributed by atoms with Crippen molar-refractivity contribution in [2.75, 3.05) is 49.2 Å². The van der Waals surface area contributed by atoms with E-state index in [1.54, 1.807) is 6.20 Å². The summed E-state index contributed by atoms with van der Waals surface area (Å²) in [4.78, 5) is 9.14. The third-order valence-electron chi connectivity index (χ3n) is 5.79. The number of ether oxygens (including phenoxy) is 1. The summed E-state index contributed by atoms with van der Waals surface area (Å²) >= 11 is 5.98. The molecule has 0 saturated carbocycles. The van der Waals surface area contributed by atoms with Crippen molar-refractivity contribution in [2.45, 2.75) is 46.6 Å². The first-order valence-corrected chi connectivity index (χ1v) is 11.4. The Balaban J connectivity index is 1.49. The number of aromatic nitrogens is 4. The molecule has 2 aromatic heterocycles. The van der Waals surface area contributed by atoms with Gasteiger partial charge in [-0.25, -0.2) is 4.98 Å². The lowest BCUT2D eigenvalue weighted by molar-refractivity contribution is 0.0480. The van der Waals surface area contributed by atoms with Crippen LogP contribution in [0.1, 0.15) is 39.4 Å². The number of hydrogen-bond donors (Lipinski definition) is 0. The van der Waals surface area contributed by atoms with Crippen molar-refractivity contribution in [3.8, 4) is 0 Å². The SMILES string of the molecule is CC(C)(C)Cc1nnc(N2CCN(c3ccc(Cl)cn3)CC2)n1CC1CCCOC1. The van der Waals surface area contributed by atoms with Crippen molar-refractivity contribution in [1.29, 1.82) is 0 Å². The molecule has 30 heavy (non-hydrogen) atoms. The van der Waals surface area contributed by atoms with Crippen LogP contribution in [0, 0.1) is 11.3 Å². The van der Waals surface area contributed by atoms with Crippen molar-refractivity contribution in [3.05, 3.63) is 29.2 Å². The summed E-state index contributed by atoms with van der Waals surface area (Å²) in [6.07, 6.45) is 4.99. The Morgan fingerprint density at radius 1 is 1.10 bits per heavy atom. The lowest BCUT2D eigenvalue weighted by atomic mass is 9.92. The van der Waals surface area contributed by atoms with Gasteiger partial charge >= 0.3 is 0 Å². The minimum atomic E-state index is 0.171. The maximum Gasteiger partial charge on any atom is 0.227 e. The summed E-state index contributed by atoms with van der Waals surface area (Å²) in [7, 11) is 0. The first kappa shape index (κ1) is 21.4. The van der Waals surface area contributed by atoms with E-state index in [1.165, 1.54) is 6.42 Å². The number of hydrogen-bond acceptors (Lipinski definition) is 6.